The van der Waals surface area contributed by atoms with Crippen molar-refractivity contribution in [3.8, 4) is 0 Å². The Balaban J connectivity index is 2.53. The topological polar surface area (TPSA) is 20.2 Å². The molecule has 0 bridgehead atoms. The average Bonchev–Trinajstić information content (AvgIpc) is 2.18. The highest BCUT2D eigenvalue weighted by Crippen LogP contribution is 2.25. The molecule has 0 aliphatic carbocycles. The van der Waals surface area contributed by atoms with Gasteiger partial charge in [0.1, 0.15) is 0 Å². The van der Waals surface area contributed by atoms with Crippen LogP contribution in [0.4, 0.5) is 0 Å². The Morgan fingerprint density at radius 1 is 1.24 bits per heavy atom. The highest BCUT2D eigenvalue weighted by Gasteiger charge is 2.14. The standard InChI is InChI=1S/C14H20Cl2O/c1-14(2,3)7-6-12(17)8-10-4-5-11(15)9-13(10)16/h4-5,9,12,17H,6-8H2,1-3H3. The summed E-state index contributed by atoms with van der Waals surface area (Å²) in [6.07, 6.45) is 2.04. The molecule has 1 nitrogen and oxygen atoms in total. The van der Waals surface area contributed by atoms with Gasteiger partial charge >= 0.3 is 0 Å². The molecule has 0 amide bonds. The number of rotatable bonds is 4. The third-order valence-electron chi connectivity index (χ3n) is 2.70. The van der Waals surface area contributed by atoms with Crippen LogP contribution in [0.2, 0.25) is 10.0 Å². The Kier molecular flexibility index (Phi) is 5.30. The van der Waals surface area contributed by atoms with Gasteiger partial charge in [0, 0.05) is 10.0 Å². The van der Waals surface area contributed by atoms with Crippen LogP contribution < -0.4 is 0 Å². The van der Waals surface area contributed by atoms with Gasteiger partial charge in [0.15, 0.2) is 0 Å². The molecule has 0 aromatic heterocycles. The minimum Gasteiger partial charge on any atom is -0.393 e. The lowest BCUT2D eigenvalue weighted by Crippen LogP contribution is -2.15. The average molecular weight is 275 g/mol. The van der Waals surface area contributed by atoms with Crippen molar-refractivity contribution < 1.29 is 5.11 Å². The van der Waals surface area contributed by atoms with Crippen molar-refractivity contribution in [2.24, 2.45) is 5.41 Å². The summed E-state index contributed by atoms with van der Waals surface area (Å²) < 4.78 is 0. The smallest absolute Gasteiger partial charge is 0.0581 e. The summed E-state index contributed by atoms with van der Waals surface area (Å²) in [4.78, 5) is 0. The monoisotopic (exact) mass is 274 g/mol. The lowest BCUT2D eigenvalue weighted by atomic mass is 9.88. The number of benzene rings is 1. The van der Waals surface area contributed by atoms with E-state index in [0.717, 1.165) is 18.4 Å². The van der Waals surface area contributed by atoms with E-state index in [4.69, 9.17) is 23.2 Å². The third-order valence-corrected chi connectivity index (χ3v) is 3.29. The van der Waals surface area contributed by atoms with Crippen molar-refractivity contribution in [3.63, 3.8) is 0 Å². The van der Waals surface area contributed by atoms with Crippen LogP contribution in [0.5, 0.6) is 0 Å². The summed E-state index contributed by atoms with van der Waals surface area (Å²) in [6.45, 7) is 6.53. The molecule has 96 valence electrons. The number of halogens is 2. The van der Waals surface area contributed by atoms with E-state index in [1.807, 2.05) is 6.07 Å². The highest BCUT2D eigenvalue weighted by atomic mass is 35.5. The maximum absolute atomic E-state index is 9.97. The molecule has 0 aliphatic rings. The third kappa shape index (κ3) is 5.76. The van der Waals surface area contributed by atoms with Crippen LogP contribution in [0.3, 0.4) is 0 Å². The van der Waals surface area contributed by atoms with Gasteiger partial charge in [0.2, 0.25) is 0 Å². The zero-order valence-corrected chi connectivity index (χ0v) is 12.1. The van der Waals surface area contributed by atoms with Gasteiger partial charge in [-0.25, -0.2) is 0 Å². The number of hydrogen-bond acceptors (Lipinski definition) is 1. The fraction of sp³-hybridized carbons (Fsp3) is 0.571. The first-order valence-electron chi connectivity index (χ1n) is 5.90. The van der Waals surface area contributed by atoms with E-state index >= 15 is 0 Å². The van der Waals surface area contributed by atoms with E-state index in [-0.39, 0.29) is 11.5 Å². The van der Waals surface area contributed by atoms with Gasteiger partial charge in [-0.3, -0.25) is 0 Å². The summed E-state index contributed by atoms with van der Waals surface area (Å²) in [7, 11) is 0. The molecule has 1 unspecified atom stereocenters. The van der Waals surface area contributed by atoms with Crippen molar-refractivity contribution in [3.05, 3.63) is 33.8 Å². The molecule has 17 heavy (non-hydrogen) atoms. The summed E-state index contributed by atoms with van der Waals surface area (Å²) >= 11 is 11.9. The Morgan fingerprint density at radius 3 is 2.41 bits per heavy atom. The van der Waals surface area contributed by atoms with Crippen LogP contribution in [0.25, 0.3) is 0 Å². The van der Waals surface area contributed by atoms with Gasteiger partial charge in [-0.05, 0) is 42.4 Å². The Labute approximate surface area is 114 Å². The maximum Gasteiger partial charge on any atom is 0.0581 e. The molecule has 0 heterocycles. The lowest BCUT2D eigenvalue weighted by Gasteiger charge is -2.20. The first kappa shape index (κ1) is 14.8. The molecule has 0 aliphatic heterocycles. The molecule has 3 heteroatoms. The molecule has 0 spiro atoms. The molecule has 1 atom stereocenters. The van der Waals surface area contributed by atoms with E-state index in [2.05, 4.69) is 20.8 Å². The van der Waals surface area contributed by atoms with Crippen LogP contribution in [-0.2, 0) is 6.42 Å². The second-order valence-electron chi connectivity index (χ2n) is 5.69. The number of aliphatic hydroxyl groups excluding tert-OH is 1. The molecule has 0 saturated carbocycles. The zero-order valence-electron chi connectivity index (χ0n) is 10.6. The maximum atomic E-state index is 9.97. The first-order valence-corrected chi connectivity index (χ1v) is 6.65. The van der Waals surface area contributed by atoms with Crippen LogP contribution in [0.15, 0.2) is 18.2 Å². The number of hydrogen-bond donors (Lipinski definition) is 1. The predicted octanol–water partition coefficient (Wildman–Crippen LogP) is 4.72. The van der Waals surface area contributed by atoms with Crippen molar-refractivity contribution in [2.45, 2.75) is 46.1 Å². The van der Waals surface area contributed by atoms with E-state index in [1.54, 1.807) is 12.1 Å². The van der Waals surface area contributed by atoms with Crippen molar-refractivity contribution in [1.29, 1.82) is 0 Å². The molecule has 1 N–H and O–H groups in total. The largest absolute Gasteiger partial charge is 0.393 e. The Morgan fingerprint density at radius 2 is 1.88 bits per heavy atom. The summed E-state index contributed by atoms with van der Waals surface area (Å²) in [5.74, 6) is 0. The first-order chi connectivity index (χ1) is 7.78. The normalized spacial score (nSPS) is 13.8. The van der Waals surface area contributed by atoms with Gasteiger partial charge in [-0.1, -0.05) is 50.0 Å². The quantitative estimate of drug-likeness (QED) is 0.842. The van der Waals surface area contributed by atoms with Crippen molar-refractivity contribution >= 4 is 23.2 Å². The summed E-state index contributed by atoms with van der Waals surface area (Å²) in [5, 5.41) is 11.2. The zero-order chi connectivity index (χ0) is 13.1. The lowest BCUT2D eigenvalue weighted by molar-refractivity contribution is 0.146. The van der Waals surface area contributed by atoms with Crippen LogP contribution in [-0.4, -0.2) is 11.2 Å². The highest BCUT2D eigenvalue weighted by molar-refractivity contribution is 6.35. The van der Waals surface area contributed by atoms with Crippen molar-refractivity contribution in [1.82, 2.24) is 0 Å². The summed E-state index contributed by atoms with van der Waals surface area (Å²) in [6, 6.07) is 5.40. The van der Waals surface area contributed by atoms with Gasteiger partial charge in [-0.2, -0.15) is 0 Å². The molecule has 1 aromatic carbocycles. The van der Waals surface area contributed by atoms with Crippen LogP contribution in [0.1, 0.15) is 39.2 Å². The molecule has 0 fully saturated rings. The number of aliphatic hydroxyl groups is 1. The minimum atomic E-state index is -0.340. The van der Waals surface area contributed by atoms with E-state index in [0.29, 0.717) is 16.5 Å². The van der Waals surface area contributed by atoms with Gasteiger partial charge in [0.25, 0.3) is 0 Å². The van der Waals surface area contributed by atoms with E-state index in [1.165, 1.54) is 0 Å². The second-order valence-corrected chi connectivity index (χ2v) is 6.54. The molecule has 0 radical (unpaired) electrons. The van der Waals surface area contributed by atoms with Gasteiger partial charge in [0.05, 0.1) is 6.10 Å². The summed E-state index contributed by atoms with van der Waals surface area (Å²) in [5.41, 5.74) is 1.21. The Hall–Kier alpha value is -0.240. The molecule has 0 saturated heterocycles. The van der Waals surface area contributed by atoms with Crippen LogP contribution in [0, 0.1) is 5.41 Å². The van der Waals surface area contributed by atoms with Crippen LogP contribution >= 0.6 is 23.2 Å². The fourth-order valence-corrected chi connectivity index (χ4v) is 2.13. The Bertz CT molecular complexity index is 369. The van der Waals surface area contributed by atoms with Gasteiger partial charge < -0.3 is 5.11 Å². The van der Waals surface area contributed by atoms with E-state index in [9.17, 15) is 5.11 Å². The molecule has 1 rings (SSSR count). The molecular weight excluding hydrogens is 255 g/mol. The SMILES string of the molecule is CC(C)(C)CCC(O)Cc1ccc(Cl)cc1Cl. The molecular formula is C14H20Cl2O. The van der Waals surface area contributed by atoms with Gasteiger partial charge in [-0.15, -0.1) is 0 Å². The fourth-order valence-electron chi connectivity index (χ4n) is 1.64. The molecule has 1 aromatic rings. The second kappa shape index (κ2) is 6.08. The predicted molar refractivity (Wildman–Crippen MR) is 74.9 cm³/mol. The minimum absolute atomic E-state index is 0.255. The van der Waals surface area contributed by atoms with E-state index < -0.39 is 0 Å². The van der Waals surface area contributed by atoms with Crippen molar-refractivity contribution in [2.75, 3.05) is 0 Å².